The maximum absolute atomic E-state index is 9.19. The van der Waals surface area contributed by atoms with Gasteiger partial charge in [-0.05, 0) is 48.2 Å². The molecule has 2 aromatic carbocycles. The molecule has 0 aliphatic rings. The van der Waals surface area contributed by atoms with Crippen LogP contribution in [-0.4, -0.2) is 15.2 Å². The lowest BCUT2D eigenvalue weighted by molar-refractivity contribution is 0.973. The summed E-state index contributed by atoms with van der Waals surface area (Å²) in [6, 6.07) is 16.4. The van der Waals surface area contributed by atoms with Crippen molar-refractivity contribution in [2.75, 3.05) is 0 Å². The lowest BCUT2D eigenvalue weighted by Crippen LogP contribution is -1.88. The van der Waals surface area contributed by atoms with Crippen molar-refractivity contribution in [2.45, 2.75) is 10.1 Å². The molecule has 0 fully saturated rings. The third kappa shape index (κ3) is 3.19. The predicted octanol–water partition coefficient (Wildman–Crippen LogP) is 4.02. The zero-order valence-electron chi connectivity index (χ0n) is 11.6. The molecule has 7 heteroatoms. The Labute approximate surface area is 141 Å². The molecule has 0 unspecified atom stereocenters. The van der Waals surface area contributed by atoms with Crippen LogP contribution >= 0.6 is 23.4 Å². The van der Waals surface area contributed by atoms with Crippen LogP contribution in [0.25, 0.3) is 11.4 Å². The van der Waals surface area contributed by atoms with E-state index < -0.39 is 0 Å². The van der Waals surface area contributed by atoms with Gasteiger partial charge in [0.2, 0.25) is 5.16 Å². The number of hydrogen-bond acceptors (Lipinski definition) is 5. The van der Waals surface area contributed by atoms with Crippen molar-refractivity contribution < 1.29 is 0 Å². The van der Waals surface area contributed by atoms with Gasteiger partial charge in [-0.15, -0.1) is 5.10 Å². The normalized spacial score (nSPS) is 10.0. The summed E-state index contributed by atoms with van der Waals surface area (Å²) in [5.74, 6) is 0.595. The van der Waals surface area contributed by atoms with E-state index in [1.165, 1.54) is 11.8 Å². The second-order valence-corrected chi connectivity index (χ2v) is 5.90. The Kier molecular flexibility index (Phi) is 4.29. The smallest absolute Gasteiger partial charge is 0.213 e. The van der Waals surface area contributed by atoms with Gasteiger partial charge < -0.3 is 0 Å². The second kappa shape index (κ2) is 6.53. The molecule has 0 spiro atoms. The Hall–Kier alpha value is -2.80. The van der Waals surface area contributed by atoms with Crippen molar-refractivity contribution in [3.05, 3.63) is 58.6 Å². The average molecular weight is 338 g/mol. The van der Waals surface area contributed by atoms with Crippen LogP contribution in [0.4, 0.5) is 0 Å². The summed E-state index contributed by atoms with van der Waals surface area (Å²) in [4.78, 5) is 4.95. The van der Waals surface area contributed by atoms with E-state index in [-0.39, 0.29) is 0 Å². The summed E-state index contributed by atoms with van der Waals surface area (Å²) < 4.78 is 0. The van der Waals surface area contributed by atoms with E-state index >= 15 is 0 Å². The molecule has 3 aromatic rings. The molecule has 0 bridgehead atoms. The largest absolute Gasteiger partial charge is 0.258 e. The van der Waals surface area contributed by atoms with Gasteiger partial charge in [-0.3, -0.25) is 5.10 Å². The number of hydrogen-bond donors (Lipinski definition) is 1. The summed E-state index contributed by atoms with van der Waals surface area (Å²) >= 11 is 7.05. The van der Waals surface area contributed by atoms with Crippen molar-refractivity contribution in [3.8, 4) is 23.5 Å². The van der Waals surface area contributed by atoms with Gasteiger partial charge in [-0.1, -0.05) is 17.7 Å². The number of nitrogens with zero attached hydrogens (tertiary/aromatic N) is 4. The summed E-state index contributed by atoms with van der Waals surface area (Å²) in [6.07, 6.45) is 0. The third-order valence-electron chi connectivity index (χ3n) is 3.03. The zero-order valence-corrected chi connectivity index (χ0v) is 13.2. The highest BCUT2D eigenvalue weighted by Gasteiger charge is 2.13. The summed E-state index contributed by atoms with van der Waals surface area (Å²) in [6.45, 7) is 0. The Morgan fingerprint density at radius 3 is 2.26 bits per heavy atom. The topological polar surface area (TPSA) is 89.1 Å². The van der Waals surface area contributed by atoms with Crippen LogP contribution in [0.5, 0.6) is 0 Å². The monoisotopic (exact) mass is 337 g/mol. The van der Waals surface area contributed by atoms with Crippen LogP contribution in [0, 0.1) is 22.7 Å². The fraction of sp³-hybridized carbons (Fsp3) is 0. The number of rotatable bonds is 3. The summed E-state index contributed by atoms with van der Waals surface area (Å²) in [5, 5.41) is 26.4. The molecule has 0 saturated carbocycles. The lowest BCUT2D eigenvalue weighted by atomic mass is 10.1. The van der Waals surface area contributed by atoms with Gasteiger partial charge in [-0.25, -0.2) is 4.98 Å². The van der Waals surface area contributed by atoms with Crippen molar-refractivity contribution >= 4 is 23.4 Å². The van der Waals surface area contributed by atoms with Crippen molar-refractivity contribution in [3.63, 3.8) is 0 Å². The molecule has 23 heavy (non-hydrogen) atoms. The van der Waals surface area contributed by atoms with E-state index in [9.17, 15) is 10.5 Å². The molecule has 0 atom stereocenters. The maximum atomic E-state index is 9.19. The molecular formula is C16H8ClN5S. The summed E-state index contributed by atoms with van der Waals surface area (Å²) in [7, 11) is 0. The fourth-order valence-electron chi connectivity index (χ4n) is 1.94. The van der Waals surface area contributed by atoms with E-state index in [1.807, 2.05) is 12.1 Å². The van der Waals surface area contributed by atoms with Gasteiger partial charge >= 0.3 is 0 Å². The minimum atomic E-state index is 0.423. The van der Waals surface area contributed by atoms with Crippen LogP contribution in [0.3, 0.4) is 0 Å². The van der Waals surface area contributed by atoms with Gasteiger partial charge in [0.1, 0.15) is 12.1 Å². The molecule has 0 aliphatic carbocycles. The van der Waals surface area contributed by atoms with E-state index in [1.54, 1.807) is 30.3 Å². The Bertz CT molecular complexity index is 902. The quantitative estimate of drug-likeness (QED) is 0.779. The summed E-state index contributed by atoms with van der Waals surface area (Å²) in [5.41, 5.74) is 1.70. The predicted molar refractivity (Wildman–Crippen MR) is 86.8 cm³/mol. The minimum absolute atomic E-state index is 0.423. The first-order valence-corrected chi connectivity index (χ1v) is 7.70. The zero-order chi connectivity index (χ0) is 16.2. The molecule has 0 radical (unpaired) electrons. The van der Waals surface area contributed by atoms with Crippen LogP contribution < -0.4 is 0 Å². The first kappa shape index (κ1) is 15.1. The van der Waals surface area contributed by atoms with Gasteiger partial charge in [0.25, 0.3) is 0 Å². The maximum Gasteiger partial charge on any atom is 0.213 e. The van der Waals surface area contributed by atoms with E-state index in [2.05, 4.69) is 27.3 Å². The standard InChI is InChI=1S/C16H8ClN5S/c17-13-6-4-10(5-7-13)15-20-16(22-21-15)23-14-11(8-18)2-1-3-12(14)9-19/h1-7H,(H,20,21,22). The van der Waals surface area contributed by atoms with Crippen LogP contribution in [0.1, 0.15) is 11.1 Å². The fourth-order valence-corrected chi connectivity index (χ4v) is 2.93. The van der Waals surface area contributed by atoms with Gasteiger partial charge in [-0.2, -0.15) is 10.5 Å². The molecule has 0 amide bonds. The lowest BCUT2D eigenvalue weighted by Gasteiger charge is -2.02. The first-order chi connectivity index (χ1) is 11.2. The molecule has 5 nitrogen and oxygen atoms in total. The molecule has 1 aromatic heterocycles. The molecule has 0 saturated heterocycles. The van der Waals surface area contributed by atoms with E-state index in [0.29, 0.717) is 32.0 Å². The number of aromatic amines is 1. The highest BCUT2D eigenvalue weighted by molar-refractivity contribution is 7.99. The Morgan fingerprint density at radius 2 is 1.65 bits per heavy atom. The number of aromatic nitrogens is 3. The number of H-pyrrole nitrogens is 1. The number of nitrogens with one attached hydrogen (secondary N) is 1. The van der Waals surface area contributed by atoms with Gasteiger partial charge in [0.15, 0.2) is 5.82 Å². The van der Waals surface area contributed by atoms with Gasteiger partial charge in [0, 0.05) is 10.6 Å². The highest BCUT2D eigenvalue weighted by atomic mass is 35.5. The molecule has 1 N–H and O–H groups in total. The van der Waals surface area contributed by atoms with Gasteiger partial charge in [0.05, 0.1) is 16.0 Å². The average Bonchev–Trinajstić information content (AvgIpc) is 3.04. The number of benzene rings is 2. The third-order valence-corrected chi connectivity index (χ3v) is 4.29. The SMILES string of the molecule is N#Cc1cccc(C#N)c1Sc1n[nH]c(-c2ccc(Cl)cc2)n1. The molecule has 1 heterocycles. The van der Waals surface area contributed by atoms with Crippen molar-refractivity contribution in [1.82, 2.24) is 15.2 Å². The van der Waals surface area contributed by atoms with Crippen molar-refractivity contribution in [2.24, 2.45) is 0 Å². The van der Waals surface area contributed by atoms with E-state index in [0.717, 1.165) is 5.56 Å². The van der Waals surface area contributed by atoms with Crippen LogP contribution in [0.15, 0.2) is 52.5 Å². The van der Waals surface area contributed by atoms with Crippen LogP contribution in [0.2, 0.25) is 5.02 Å². The first-order valence-electron chi connectivity index (χ1n) is 6.50. The minimum Gasteiger partial charge on any atom is -0.258 e. The van der Waals surface area contributed by atoms with Crippen LogP contribution in [-0.2, 0) is 0 Å². The number of nitriles is 2. The molecular weight excluding hydrogens is 330 g/mol. The van der Waals surface area contributed by atoms with Crippen molar-refractivity contribution in [1.29, 1.82) is 10.5 Å². The molecule has 110 valence electrons. The second-order valence-electron chi connectivity index (χ2n) is 4.48. The van der Waals surface area contributed by atoms with E-state index in [4.69, 9.17) is 11.6 Å². The Balaban J connectivity index is 1.93. The molecule has 3 rings (SSSR count). The Morgan fingerprint density at radius 1 is 1.00 bits per heavy atom. The number of halogens is 1. The molecule has 0 aliphatic heterocycles. The highest BCUT2D eigenvalue weighted by Crippen LogP contribution is 2.31.